The molecule has 0 radical (unpaired) electrons. The maximum atomic E-state index is 13.7. The first-order chi connectivity index (χ1) is 12.8. The van der Waals surface area contributed by atoms with Gasteiger partial charge in [-0.2, -0.15) is 0 Å². The first-order valence-corrected chi connectivity index (χ1v) is 7.83. The van der Waals surface area contributed by atoms with E-state index in [2.05, 4.69) is 10.1 Å². The van der Waals surface area contributed by atoms with Gasteiger partial charge < -0.3 is 10.1 Å². The minimum atomic E-state index is -0.780. The molecule has 0 aliphatic carbocycles. The fraction of sp³-hybridized carbons (Fsp3) is 0.105. The van der Waals surface area contributed by atoms with Crippen molar-refractivity contribution in [1.29, 1.82) is 0 Å². The highest BCUT2D eigenvalue weighted by atomic mass is 19.1. The van der Waals surface area contributed by atoms with Crippen LogP contribution in [0.5, 0.6) is 0 Å². The van der Waals surface area contributed by atoms with Crippen molar-refractivity contribution in [3.63, 3.8) is 0 Å². The number of nitrogens with one attached hydrogen (secondary N) is 1. The molecule has 2 amide bonds. The Morgan fingerprint density at radius 3 is 2.41 bits per heavy atom. The van der Waals surface area contributed by atoms with Gasteiger partial charge in [0.05, 0.1) is 18.4 Å². The van der Waals surface area contributed by atoms with Gasteiger partial charge in [-0.15, -0.1) is 0 Å². The van der Waals surface area contributed by atoms with Crippen LogP contribution in [-0.2, 0) is 14.3 Å². The Balaban J connectivity index is 1.87. The number of ether oxygens (including phenoxy) is 1. The fourth-order valence-corrected chi connectivity index (χ4v) is 2.57. The van der Waals surface area contributed by atoms with Crippen molar-refractivity contribution in [2.75, 3.05) is 17.3 Å². The van der Waals surface area contributed by atoms with E-state index in [4.69, 9.17) is 0 Å². The van der Waals surface area contributed by atoms with Gasteiger partial charge in [-0.3, -0.25) is 9.59 Å². The fourth-order valence-electron chi connectivity index (χ4n) is 2.57. The summed E-state index contributed by atoms with van der Waals surface area (Å²) >= 11 is 0. The molecule has 2 aromatic carbocycles. The number of imide groups is 1. The summed E-state index contributed by atoms with van der Waals surface area (Å²) in [5.74, 6) is -3.55. The number of methoxy groups -OCH3 is 1. The number of esters is 1. The van der Waals surface area contributed by atoms with E-state index in [1.165, 1.54) is 38.3 Å². The predicted octanol–water partition coefficient (Wildman–Crippen LogP) is 2.93. The van der Waals surface area contributed by atoms with E-state index in [-0.39, 0.29) is 28.2 Å². The third kappa shape index (κ3) is 3.41. The van der Waals surface area contributed by atoms with Gasteiger partial charge in [0, 0.05) is 17.3 Å². The minimum absolute atomic E-state index is 0.00633. The number of rotatable bonds is 4. The highest BCUT2D eigenvalue weighted by Crippen LogP contribution is 2.26. The number of anilines is 2. The molecule has 0 unspecified atom stereocenters. The summed E-state index contributed by atoms with van der Waals surface area (Å²) < 4.78 is 32.0. The molecule has 0 aromatic heterocycles. The number of nitrogens with zero attached hydrogens (tertiary/aromatic N) is 1. The number of hydrogen-bond donors (Lipinski definition) is 1. The number of amides is 2. The van der Waals surface area contributed by atoms with Gasteiger partial charge in [-0.25, -0.2) is 18.5 Å². The van der Waals surface area contributed by atoms with Crippen LogP contribution >= 0.6 is 0 Å². The lowest BCUT2D eigenvalue weighted by Crippen LogP contribution is -2.32. The molecule has 1 N–H and O–H groups in total. The molecule has 0 fully saturated rings. The molecule has 1 aliphatic rings. The average molecular weight is 372 g/mol. The van der Waals surface area contributed by atoms with Gasteiger partial charge in [-0.05, 0) is 37.3 Å². The van der Waals surface area contributed by atoms with Crippen molar-refractivity contribution in [3.05, 3.63) is 70.9 Å². The van der Waals surface area contributed by atoms with E-state index >= 15 is 0 Å². The lowest BCUT2D eigenvalue weighted by Gasteiger charge is -2.16. The van der Waals surface area contributed by atoms with Gasteiger partial charge in [-0.1, -0.05) is 6.07 Å². The number of carbonyl (C=O) groups is 3. The molecule has 3 rings (SSSR count). The summed E-state index contributed by atoms with van der Waals surface area (Å²) in [6.45, 7) is 1.29. The molecular formula is C19H14F2N2O4. The lowest BCUT2D eigenvalue weighted by molar-refractivity contribution is -0.120. The molecule has 0 saturated carbocycles. The molecule has 6 nitrogen and oxygen atoms in total. The topological polar surface area (TPSA) is 75.7 Å². The monoisotopic (exact) mass is 372 g/mol. The van der Waals surface area contributed by atoms with E-state index in [9.17, 15) is 23.2 Å². The lowest BCUT2D eigenvalue weighted by atomic mass is 10.2. The first-order valence-electron chi connectivity index (χ1n) is 7.83. The van der Waals surface area contributed by atoms with Crippen molar-refractivity contribution in [2.24, 2.45) is 0 Å². The zero-order chi connectivity index (χ0) is 19.7. The van der Waals surface area contributed by atoms with Crippen LogP contribution in [0.1, 0.15) is 15.9 Å². The van der Waals surface area contributed by atoms with Crippen LogP contribution in [0.3, 0.4) is 0 Å². The third-order valence-corrected chi connectivity index (χ3v) is 4.01. The van der Waals surface area contributed by atoms with Gasteiger partial charge in [0.15, 0.2) is 0 Å². The minimum Gasteiger partial charge on any atom is -0.465 e. The second-order valence-electron chi connectivity index (χ2n) is 5.77. The molecule has 0 bridgehead atoms. The summed E-state index contributed by atoms with van der Waals surface area (Å²) in [5.41, 5.74) is 0.0331. The summed E-state index contributed by atoms with van der Waals surface area (Å²) in [5, 5.41) is 2.56. The van der Waals surface area contributed by atoms with Gasteiger partial charge >= 0.3 is 5.97 Å². The van der Waals surface area contributed by atoms with Crippen LogP contribution in [0.2, 0.25) is 0 Å². The summed E-state index contributed by atoms with van der Waals surface area (Å²) in [4.78, 5) is 37.3. The highest BCUT2D eigenvalue weighted by Gasteiger charge is 2.33. The number of hydrogen-bond acceptors (Lipinski definition) is 5. The molecular weight excluding hydrogens is 358 g/mol. The normalized spacial score (nSPS) is 13.6. The molecule has 1 aliphatic heterocycles. The second kappa shape index (κ2) is 6.99. The van der Waals surface area contributed by atoms with Crippen molar-refractivity contribution in [1.82, 2.24) is 0 Å². The maximum absolute atomic E-state index is 13.7. The predicted molar refractivity (Wildman–Crippen MR) is 93.1 cm³/mol. The summed E-state index contributed by atoms with van der Waals surface area (Å²) in [6, 6.07) is 7.84. The van der Waals surface area contributed by atoms with Crippen molar-refractivity contribution in [3.8, 4) is 0 Å². The maximum Gasteiger partial charge on any atom is 0.337 e. The smallest absolute Gasteiger partial charge is 0.337 e. The van der Waals surface area contributed by atoms with Gasteiger partial charge in [0.25, 0.3) is 11.8 Å². The highest BCUT2D eigenvalue weighted by molar-refractivity contribution is 6.31. The van der Waals surface area contributed by atoms with Crippen molar-refractivity contribution in [2.45, 2.75) is 6.92 Å². The molecule has 0 spiro atoms. The van der Waals surface area contributed by atoms with Crippen molar-refractivity contribution < 1.29 is 27.9 Å². The number of benzene rings is 2. The van der Waals surface area contributed by atoms with E-state index in [0.29, 0.717) is 0 Å². The van der Waals surface area contributed by atoms with E-state index in [1.807, 2.05) is 0 Å². The largest absolute Gasteiger partial charge is 0.465 e. The second-order valence-corrected chi connectivity index (χ2v) is 5.77. The Bertz CT molecular complexity index is 978. The van der Waals surface area contributed by atoms with Crippen LogP contribution in [0.15, 0.2) is 48.2 Å². The first kappa shape index (κ1) is 18.2. The van der Waals surface area contributed by atoms with Gasteiger partial charge in [0.2, 0.25) is 0 Å². The number of halogens is 2. The Kier molecular flexibility index (Phi) is 4.72. The molecule has 0 atom stereocenters. The summed E-state index contributed by atoms with van der Waals surface area (Å²) in [7, 11) is 1.21. The van der Waals surface area contributed by atoms with Crippen LogP contribution in [0.25, 0.3) is 0 Å². The van der Waals surface area contributed by atoms with Gasteiger partial charge in [0.1, 0.15) is 17.3 Å². The molecule has 27 heavy (non-hydrogen) atoms. The van der Waals surface area contributed by atoms with E-state index < -0.39 is 29.4 Å². The van der Waals surface area contributed by atoms with E-state index in [1.54, 1.807) is 0 Å². The van der Waals surface area contributed by atoms with Crippen molar-refractivity contribution >= 4 is 29.2 Å². The van der Waals surface area contributed by atoms with E-state index in [0.717, 1.165) is 23.1 Å². The summed E-state index contributed by atoms with van der Waals surface area (Å²) in [6.07, 6.45) is 1.02. The average Bonchev–Trinajstić information content (AvgIpc) is 2.92. The Hall–Kier alpha value is -3.55. The zero-order valence-electron chi connectivity index (χ0n) is 14.4. The van der Waals surface area contributed by atoms with Crippen LogP contribution in [-0.4, -0.2) is 24.9 Å². The SMILES string of the molecule is COC(=O)c1cccc(N2C(=O)C=C(Nc3cc(F)c(C)c(F)c3)C2=O)c1. The number of carbonyl (C=O) groups excluding carboxylic acids is 3. The molecule has 8 heteroatoms. The van der Waals surface area contributed by atoms with Crippen LogP contribution in [0.4, 0.5) is 20.2 Å². The Morgan fingerprint density at radius 1 is 1.11 bits per heavy atom. The Morgan fingerprint density at radius 2 is 1.78 bits per heavy atom. The molecule has 1 heterocycles. The van der Waals surface area contributed by atoms with Crippen LogP contribution < -0.4 is 10.2 Å². The third-order valence-electron chi connectivity index (χ3n) is 4.01. The molecule has 0 saturated heterocycles. The standard InChI is InChI=1S/C19H14F2N2O4/c1-10-14(20)7-12(8-15(10)21)22-16-9-17(24)23(18(16)25)13-5-3-4-11(6-13)19(26)27-2/h3-9,22H,1-2H3. The molecule has 2 aromatic rings. The Labute approximate surface area is 153 Å². The zero-order valence-corrected chi connectivity index (χ0v) is 14.4. The quantitative estimate of drug-likeness (QED) is 0.660. The molecule has 138 valence electrons. The van der Waals surface area contributed by atoms with Crippen LogP contribution in [0, 0.1) is 18.6 Å².